The molecule has 2 aromatic rings. The van der Waals surface area contributed by atoms with Crippen LogP contribution in [0.4, 0.5) is 5.69 Å². The number of amidine groups is 1. The van der Waals surface area contributed by atoms with Gasteiger partial charge in [0.05, 0.1) is 12.8 Å². The van der Waals surface area contributed by atoms with Gasteiger partial charge >= 0.3 is 0 Å². The fourth-order valence-corrected chi connectivity index (χ4v) is 2.32. The highest BCUT2D eigenvalue weighted by Crippen LogP contribution is 2.29. The monoisotopic (exact) mass is 298 g/mol. The number of hydrogen-bond acceptors (Lipinski definition) is 5. The predicted molar refractivity (Wildman–Crippen MR) is 84.6 cm³/mol. The Kier molecular flexibility index (Phi) is 3.87. The number of nitrogens with zero attached hydrogens (tertiary/aromatic N) is 1. The molecular formula is C17H18N2O3. The summed E-state index contributed by atoms with van der Waals surface area (Å²) in [6, 6.07) is 11.7. The van der Waals surface area contributed by atoms with Crippen LogP contribution in [-0.4, -0.2) is 13.1 Å². The molecule has 0 saturated carbocycles. The first kappa shape index (κ1) is 14.3. The van der Waals surface area contributed by atoms with Gasteiger partial charge in [0.2, 0.25) is 0 Å². The van der Waals surface area contributed by atoms with E-state index in [2.05, 4.69) is 4.99 Å². The molecule has 114 valence electrons. The second-order valence-corrected chi connectivity index (χ2v) is 5.13. The first-order valence-corrected chi connectivity index (χ1v) is 7.02. The van der Waals surface area contributed by atoms with E-state index in [0.29, 0.717) is 24.7 Å². The zero-order valence-electron chi connectivity index (χ0n) is 12.6. The van der Waals surface area contributed by atoms with Gasteiger partial charge in [-0.1, -0.05) is 11.6 Å². The van der Waals surface area contributed by atoms with Crippen LogP contribution in [0, 0.1) is 6.92 Å². The van der Waals surface area contributed by atoms with Crippen LogP contribution in [0.2, 0.25) is 0 Å². The quantitative estimate of drug-likeness (QED) is 0.878. The van der Waals surface area contributed by atoms with Gasteiger partial charge in [0, 0.05) is 17.2 Å². The Labute approximate surface area is 129 Å². The summed E-state index contributed by atoms with van der Waals surface area (Å²) >= 11 is 0. The van der Waals surface area contributed by atoms with E-state index in [0.717, 1.165) is 22.4 Å². The number of ether oxygens (including phenoxy) is 3. The highest BCUT2D eigenvalue weighted by Gasteiger charge is 2.12. The third kappa shape index (κ3) is 2.98. The van der Waals surface area contributed by atoms with Crippen LogP contribution in [0.15, 0.2) is 41.4 Å². The van der Waals surface area contributed by atoms with E-state index in [1.54, 1.807) is 7.11 Å². The molecule has 0 atom stereocenters. The molecule has 22 heavy (non-hydrogen) atoms. The molecule has 0 amide bonds. The van der Waals surface area contributed by atoms with Crippen LogP contribution < -0.4 is 15.2 Å². The number of hydrogen-bond donors (Lipinski definition) is 1. The summed E-state index contributed by atoms with van der Waals surface area (Å²) in [5.74, 6) is 1.51. The summed E-state index contributed by atoms with van der Waals surface area (Å²) < 4.78 is 16.7. The molecule has 1 aliphatic heterocycles. The second-order valence-electron chi connectivity index (χ2n) is 5.13. The van der Waals surface area contributed by atoms with Crippen molar-refractivity contribution >= 4 is 11.7 Å². The zero-order valence-corrected chi connectivity index (χ0v) is 12.6. The normalized spacial score (nSPS) is 13.8. The molecule has 2 N–H and O–H groups in total. The molecule has 1 aliphatic rings. The fraction of sp³-hybridized carbons (Fsp3) is 0.235. The predicted octanol–water partition coefficient (Wildman–Crippen LogP) is 3.06. The molecule has 5 nitrogen and oxygen atoms in total. The second kappa shape index (κ2) is 5.97. The van der Waals surface area contributed by atoms with Crippen LogP contribution in [0.5, 0.6) is 11.5 Å². The van der Waals surface area contributed by atoms with E-state index in [-0.39, 0.29) is 6.02 Å². The first-order valence-electron chi connectivity index (χ1n) is 7.02. The maximum absolute atomic E-state index is 5.92. The van der Waals surface area contributed by atoms with Crippen LogP contribution in [0.1, 0.15) is 16.7 Å². The Morgan fingerprint density at radius 2 is 1.86 bits per heavy atom. The average molecular weight is 298 g/mol. The van der Waals surface area contributed by atoms with Crippen LogP contribution in [-0.2, 0) is 18.0 Å². The third-order valence-electron chi connectivity index (χ3n) is 3.50. The van der Waals surface area contributed by atoms with Gasteiger partial charge in [0.1, 0.15) is 24.7 Å². The minimum absolute atomic E-state index is 0.129. The van der Waals surface area contributed by atoms with Crippen molar-refractivity contribution in [3.05, 3.63) is 53.1 Å². The number of methoxy groups -OCH3 is 1. The lowest BCUT2D eigenvalue weighted by Gasteiger charge is -2.16. The Hall–Kier alpha value is -2.69. The smallest absolute Gasteiger partial charge is 0.287 e. The van der Waals surface area contributed by atoms with Crippen LogP contribution in [0.3, 0.4) is 0 Å². The van der Waals surface area contributed by atoms with Gasteiger partial charge in [-0.3, -0.25) is 0 Å². The topological polar surface area (TPSA) is 66.1 Å². The zero-order chi connectivity index (χ0) is 15.5. The molecule has 0 fully saturated rings. The highest BCUT2D eigenvalue weighted by atomic mass is 16.5. The summed E-state index contributed by atoms with van der Waals surface area (Å²) in [5.41, 5.74) is 9.57. The van der Waals surface area contributed by atoms with Gasteiger partial charge in [0.15, 0.2) is 0 Å². The van der Waals surface area contributed by atoms with Crippen molar-refractivity contribution in [1.82, 2.24) is 0 Å². The van der Waals surface area contributed by atoms with Crippen molar-refractivity contribution in [2.45, 2.75) is 20.1 Å². The summed E-state index contributed by atoms with van der Waals surface area (Å²) in [5, 5.41) is 0. The number of benzene rings is 2. The minimum Gasteiger partial charge on any atom is -0.497 e. The van der Waals surface area contributed by atoms with Gasteiger partial charge in [-0.25, -0.2) is 0 Å². The van der Waals surface area contributed by atoms with Gasteiger partial charge in [-0.2, -0.15) is 4.99 Å². The molecule has 0 bridgehead atoms. The third-order valence-corrected chi connectivity index (χ3v) is 3.50. The molecule has 1 heterocycles. The van der Waals surface area contributed by atoms with Crippen molar-refractivity contribution in [3.8, 4) is 11.5 Å². The first-order chi connectivity index (χ1) is 10.7. The fourth-order valence-electron chi connectivity index (χ4n) is 2.32. The molecule has 0 aliphatic carbocycles. The Balaban J connectivity index is 2.01. The highest BCUT2D eigenvalue weighted by molar-refractivity contribution is 5.76. The molecule has 3 rings (SSSR count). The summed E-state index contributed by atoms with van der Waals surface area (Å²) in [6.07, 6.45) is 0. The van der Waals surface area contributed by atoms with Crippen molar-refractivity contribution in [2.75, 3.05) is 7.11 Å². The van der Waals surface area contributed by atoms with E-state index >= 15 is 0 Å². The van der Waals surface area contributed by atoms with Gasteiger partial charge in [-0.15, -0.1) is 0 Å². The van der Waals surface area contributed by atoms with Crippen LogP contribution in [0.25, 0.3) is 0 Å². The largest absolute Gasteiger partial charge is 0.497 e. The molecule has 0 spiro atoms. The van der Waals surface area contributed by atoms with E-state index in [1.165, 1.54) is 0 Å². The van der Waals surface area contributed by atoms with Crippen LogP contribution >= 0.6 is 0 Å². The molecular weight excluding hydrogens is 280 g/mol. The Bertz CT molecular complexity index is 726. The van der Waals surface area contributed by atoms with E-state index in [1.807, 2.05) is 43.3 Å². The summed E-state index contributed by atoms with van der Waals surface area (Å²) in [4.78, 5) is 4.32. The lowest BCUT2D eigenvalue weighted by Crippen LogP contribution is -2.17. The van der Waals surface area contributed by atoms with Crippen molar-refractivity contribution in [3.63, 3.8) is 0 Å². The maximum Gasteiger partial charge on any atom is 0.287 e. The molecule has 0 radical (unpaired) electrons. The number of aliphatic imine (C=N–C) groups is 1. The number of aryl methyl sites for hydroxylation is 1. The van der Waals surface area contributed by atoms with E-state index in [9.17, 15) is 0 Å². The average Bonchev–Trinajstić information content (AvgIpc) is 2.52. The molecule has 0 aromatic heterocycles. The van der Waals surface area contributed by atoms with Gasteiger partial charge < -0.3 is 19.9 Å². The van der Waals surface area contributed by atoms with Crippen molar-refractivity contribution in [1.29, 1.82) is 0 Å². The number of fused-ring (bicyclic) bond motifs is 2. The standard InChI is InChI=1S/C17H18N2O3/c1-11-3-6-16-13(7-11)10-22-17(18)19-15-8-14(20-2)5-4-12(15)9-21-16/h3-8H,9-10H2,1-2H3,(H2,18,19). The van der Waals surface area contributed by atoms with Crippen molar-refractivity contribution < 1.29 is 14.2 Å². The van der Waals surface area contributed by atoms with E-state index in [4.69, 9.17) is 19.9 Å². The molecule has 2 aromatic carbocycles. The lowest BCUT2D eigenvalue weighted by atomic mass is 10.1. The molecule has 0 unspecified atom stereocenters. The van der Waals surface area contributed by atoms with Gasteiger partial charge in [-0.05, 0) is 31.2 Å². The lowest BCUT2D eigenvalue weighted by molar-refractivity contribution is 0.261. The SMILES string of the molecule is COc1ccc2c(c1)N=C(N)OCc1cc(C)ccc1OC2. The number of nitrogens with two attached hydrogens (primary N) is 1. The maximum atomic E-state index is 5.92. The van der Waals surface area contributed by atoms with Crippen molar-refractivity contribution in [2.24, 2.45) is 10.7 Å². The Morgan fingerprint density at radius 3 is 2.68 bits per heavy atom. The summed E-state index contributed by atoms with van der Waals surface area (Å²) in [6.45, 7) is 2.76. The minimum atomic E-state index is 0.129. The van der Waals surface area contributed by atoms with Gasteiger partial charge in [0.25, 0.3) is 6.02 Å². The summed E-state index contributed by atoms with van der Waals surface area (Å²) in [7, 11) is 1.61. The Morgan fingerprint density at radius 1 is 1.05 bits per heavy atom. The van der Waals surface area contributed by atoms with E-state index < -0.39 is 0 Å². The molecule has 0 saturated heterocycles. The number of rotatable bonds is 1. The molecule has 5 heteroatoms.